The van der Waals surface area contributed by atoms with Gasteiger partial charge in [0.1, 0.15) is 11.5 Å². The molecule has 2 aromatic rings. The van der Waals surface area contributed by atoms with Crippen LogP contribution in [0.3, 0.4) is 0 Å². The minimum Gasteiger partial charge on any atom is -0.333 e. The van der Waals surface area contributed by atoms with Gasteiger partial charge >= 0.3 is 0 Å². The maximum atomic E-state index is 14.2. The number of nitrogens with one attached hydrogen (secondary N) is 1. The number of amides is 1. The monoisotopic (exact) mass is 288 g/mol. The number of hydrogen-bond donors (Lipinski definition) is 1. The van der Waals surface area contributed by atoms with Crippen molar-refractivity contribution in [2.45, 2.75) is 13.0 Å². The molecule has 110 valence electrons. The van der Waals surface area contributed by atoms with E-state index in [2.05, 4.69) is 10.4 Å². The van der Waals surface area contributed by atoms with Gasteiger partial charge in [0.05, 0.1) is 0 Å². The van der Waals surface area contributed by atoms with Crippen molar-refractivity contribution in [1.82, 2.24) is 20.0 Å². The van der Waals surface area contributed by atoms with Crippen molar-refractivity contribution >= 4 is 5.91 Å². The van der Waals surface area contributed by atoms with Crippen molar-refractivity contribution in [2.75, 3.05) is 19.6 Å². The second kappa shape index (κ2) is 5.65. The fraction of sp³-hybridized carbons (Fsp3) is 0.333. The molecular formula is C15H17FN4O. The summed E-state index contributed by atoms with van der Waals surface area (Å²) in [5, 5.41) is 7.23. The van der Waals surface area contributed by atoms with Crippen LogP contribution in [0.4, 0.5) is 4.39 Å². The zero-order valence-corrected chi connectivity index (χ0v) is 11.8. The quantitative estimate of drug-likeness (QED) is 0.910. The Balaban J connectivity index is 1.86. The second-order valence-electron chi connectivity index (χ2n) is 5.17. The predicted molar refractivity (Wildman–Crippen MR) is 76.9 cm³/mol. The highest BCUT2D eigenvalue weighted by Gasteiger charge is 2.24. The molecule has 0 spiro atoms. The molecule has 1 aromatic carbocycles. The molecule has 0 saturated carbocycles. The highest BCUT2D eigenvalue weighted by atomic mass is 19.1. The van der Waals surface area contributed by atoms with E-state index in [1.807, 2.05) is 6.92 Å². The molecule has 1 saturated heterocycles. The van der Waals surface area contributed by atoms with E-state index in [-0.39, 0.29) is 11.9 Å². The standard InChI is InChI=1S/C15H17FN4O/c1-11-10-17-6-8-19(11)15(21)12-3-4-14(13(16)9-12)20-7-2-5-18-20/h2-5,7,9,11,17H,6,8,10H2,1H3. The lowest BCUT2D eigenvalue weighted by Gasteiger charge is -2.34. The molecular weight excluding hydrogens is 271 g/mol. The van der Waals surface area contributed by atoms with Crippen LogP contribution in [0.25, 0.3) is 5.69 Å². The molecule has 1 aliphatic rings. The van der Waals surface area contributed by atoms with Gasteiger partial charge in [-0.1, -0.05) is 0 Å². The van der Waals surface area contributed by atoms with Crippen LogP contribution < -0.4 is 5.32 Å². The number of carbonyl (C=O) groups is 1. The number of hydrogen-bond acceptors (Lipinski definition) is 3. The van der Waals surface area contributed by atoms with Crippen LogP contribution in [-0.4, -0.2) is 46.3 Å². The second-order valence-corrected chi connectivity index (χ2v) is 5.17. The van der Waals surface area contributed by atoms with E-state index in [4.69, 9.17) is 0 Å². The predicted octanol–water partition coefficient (Wildman–Crippen LogP) is 1.45. The molecule has 1 aliphatic heterocycles. The van der Waals surface area contributed by atoms with E-state index < -0.39 is 5.82 Å². The van der Waals surface area contributed by atoms with Gasteiger partial charge in [-0.15, -0.1) is 0 Å². The van der Waals surface area contributed by atoms with Gasteiger partial charge in [-0.2, -0.15) is 5.10 Å². The molecule has 1 aromatic heterocycles. The van der Waals surface area contributed by atoms with Gasteiger partial charge in [-0.05, 0) is 31.2 Å². The number of benzene rings is 1. The minimum absolute atomic E-state index is 0.111. The van der Waals surface area contributed by atoms with Crippen molar-refractivity contribution in [2.24, 2.45) is 0 Å². The molecule has 5 nitrogen and oxygen atoms in total. The minimum atomic E-state index is -0.452. The van der Waals surface area contributed by atoms with Gasteiger partial charge in [-0.3, -0.25) is 4.79 Å². The Morgan fingerprint density at radius 1 is 1.48 bits per heavy atom. The Labute approximate surface area is 122 Å². The summed E-state index contributed by atoms with van der Waals surface area (Å²) in [5.74, 6) is -0.581. The number of halogens is 1. The molecule has 0 bridgehead atoms. The Morgan fingerprint density at radius 2 is 2.33 bits per heavy atom. The van der Waals surface area contributed by atoms with Crippen molar-refractivity contribution < 1.29 is 9.18 Å². The van der Waals surface area contributed by atoms with Crippen LogP contribution >= 0.6 is 0 Å². The molecule has 0 radical (unpaired) electrons. The molecule has 1 fully saturated rings. The lowest BCUT2D eigenvalue weighted by molar-refractivity contribution is 0.0655. The molecule has 21 heavy (non-hydrogen) atoms. The molecule has 0 aliphatic carbocycles. The Bertz CT molecular complexity index is 641. The summed E-state index contributed by atoms with van der Waals surface area (Å²) in [6.07, 6.45) is 3.25. The van der Waals surface area contributed by atoms with Crippen molar-refractivity contribution in [3.05, 3.63) is 48.0 Å². The van der Waals surface area contributed by atoms with Crippen molar-refractivity contribution in [1.29, 1.82) is 0 Å². The first-order valence-corrected chi connectivity index (χ1v) is 6.98. The summed E-state index contributed by atoms with van der Waals surface area (Å²) >= 11 is 0. The molecule has 2 heterocycles. The SMILES string of the molecule is CC1CNCCN1C(=O)c1ccc(-n2cccn2)c(F)c1. The fourth-order valence-electron chi connectivity index (χ4n) is 2.55. The topological polar surface area (TPSA) is 50.2 Å². The van der Waals surface area contributed by atoms with E-state index in [0.29, 0.717) is 17.8 Å². The van der Waals surface area contributed by atoms with Crippen LogP contribution in [0, 0.1) is 5.82 Å². The van der Waals surface area contributed by atoms with Gasteiger partial charge in [0, 0.05) is 43.6 Å². The normalized spacial score (nSPS) is 18.8. The lowest BCUT2D eigenvalue weighted by Crippen LogP contribution is -2.52. The average molecular weight is 288 g/mol. The summed E-state index contributed by atoms with van der Waals surface area (Å²) < 4.78 is 15.6. The van der Waals surface area contributed by atoms with Crippen LogP contribution in [-0.2, 0) is 0 Å². The number of carbonyl (C=O) groups excluding carboxylic acids is 1. The summed E-state index contributed by atoms with van der Waals surface area (Å²) in [5.41, 5.74) is 0.710. The molecule has 6 heteroatoms. The zero-order valence-electron chi connectivity index (χ0n) is 11.8. The van der Waals surface area contributed by atoms with Crippen molar-refractivity contribution in [3.8, 4) is 5.69 Å². The van der Waals surface area contributed by atoms with Gasteiger partial charge < -0.3 is 10.2 Å². The van der Waals surface area contributed by atoms with Gasteiger partial charge in [0.25, 0.3) is 5.91 Å². The molecule has 3 rings (SSSR count). The molecule has 1 unspecified atom stereocenters. The largest absolute Gasteiger partial charge is 0.333 e. The lowest BCUT2D eigenvalue weighted by atomic mass is 10.1. The smallest absolute Gasteiger partial charge is 0.254 e. The zero-order chi connectivity index (χ0) is 14.8. The van der Waals surface area contributed by atoms with Gasteiger partial charge in [0.2, 0.25) is 0 Å². The van der Waals surface area contributed by atoms with Crippen molar-refractivity contribution in [3.63, 3.8) is 0 Å². The summed E-state index contributed by atoms with van der Waals surface area (Å²) in [6, 6.07) is 6.36. The summed E-state index contributed by atoms with van der Waals surface area (Å²) in [6.45, 7) is 4.16. The maximum Gasteiger partial charge on any atom is 0.254 e. The Kier molecular flexibility index (Phi) is 3.70. The number of piperazine rings is 1. The highest BCUT2D eigenvalue weighted by Crippen LogP contribution is 2.17. The fourth-order valence-corrected chi connectivity index (χ4v) is 2.55. The van der Waals surface area contributed by atoms with Crippen LogP contribution in [0.5, 0.6) is 0 Å². The van der Waals surface area contributed by atoms with E-state index in [9.17, 15) is 9.18 Å². The number of aromatic nitrogens is 2. The van der Waals surface area contributed by atoms with Gasteiger partial charge in [0.15, 0.2) is 0 Å². The molecule has 1 amide bonds. The average Bonchev–Trinajstić information content (AvgIpc) is 3.01. The maximum absolute atomic E-state index is 14.2. The molecule has 1 N–H and O–H groups in total. The first-order chi connectivity index (χ1) is 10.2. The first-order valence-electron chi connectivity index (χ1n) is 6.98. The summed E-state index contributed by atoms with van der Waals surface area (Å²) in [7, 11) is 0. The van der Waals surface area contributed by atoms with Crippen LogP contribution in [0.1, 0.15) is 17.3 Å². The third kappa shape index (κ3) is 2.67. The number of rotatable bonds is 2. The highest BCUT2D eigenvalue weighted by molar-refractivity contribution is 5.94. The third-order valence-corrected chi connectivity index (χ3v) is 3.71. The van der Waals surface area contributed by atoms with Gasteiger partial charge in [-0.25, -0.2) is 9.07 Å². The van der Waals surface area contributed by atoms with E-state index in [0.717, 1.165) is 13.1 Å². The Morgan fingerprint density at radius 3 is 3.00 bits per heavy atom. The first kappa shape index (κ1) is 13.8. The summed E-state index contributed by atoms with van der Waals surface area (Å²) in [4.78, 5) is 14.2. The number of nitrogens with zero attached hydrogens (tertiary/aromatic N) is 3. The van der Waals surface area contributed by atoms with Crippen LogP contribution in [0.2, 0.25) is 0 Å². The third-order valence-electron chi connectivity index (χ3n) is 3.71. The van der Waals surface area contributed by atoms with E-state index >= 15 is 0 Å². The van der Waals surface area contributed by atoms with E-state index in [1.165, 1.54) is 10.7 Å². The van der Waals surface area contributed by atoms with E-state index in [1.54, 1.807) is 35.5 Å². The molecule has 1 atom stereocenters. The Hall–Kier alpha value is -2.21. The van der Waals surface area contributed by atoms with Crippen LogP contribution in [0.15, 0.2) is 36.7 Å².